The lowest BCUT2D eigenvalue weighted by Crippen LogP contribution is -2.50. The molecule has 2 nitrogen and oxygen atoms in total. The van der Waals surface area contributed by atoms with Crippen LogP contribution in [-0.4, -0.2) is 14.4 Å². The fourth-order valence-corrected chi connectivity index (χ4v) is 6.88. The predicted molar refractivity (Wildman–Crippen MR) is 106 cm³/mol. The second kappa shape index (κ2) is 5.25. The van der Waals surface area contributed by atoms with Crippen LogP contribution in [0.15, 0.2) is 10.7 Å². The maximum absolute atomic E-state index is 7.13. The van der Waals surface area contributed by atoms with Gasteiger partial charge in [0.05, 0.1) is 17.8 Å². The van der Waals surface area contributed by atoms with Crippen molar-refractivity contribution in [3.05, 3.63) is 23.2 Å². The molecular formula is C22H36O2Si. The highest BCUT2D eigenvalue weighted by molar-refractivity contribution is 6.74. The van der Waals surface area contributed by atoms with E-state index in [1.165, 1.54) is 49.8 Å². The van der Waals surface area contributed by atoms with E-state index in [2.05, 4.69) is 54.0 Å². The maximum Gasteiger partial charge on any atom is 0.192 e. The summed E-state index contributed by atoms with van der Waals surface area (Å²) in [6.45, 7) is 16.7. The number of hydrogen-bond acceptors (Lipinski definition) is 2. The van der Waals surface area contributed by atoms with Gasteiger partial charge in [-0.15, -0.1) is 0 Å². The van der Waals surface area contributed by atoms with Crippen molar-refractivity contribution >= 4 is 8.32 Å². The van der Waals surface area contributed by atoms with Crippen LogP contribution in [0, 0.1) is 11.3 Å². The van der Waals surface area contributed by atoms with Crippen molar-refractivity contribution < 1.29 is 8.84 Å². The van der Waals surface area contributed by atoms with E-state index in [4.69, 9.17) is 8.84 Å². The molecule has 1 aromatic heterocycles. The Morgan fingerprint density at radius 2 is 1.80 bits per heavy atom. The molecule has 0 aromatic carbocycles. The lowest BCUT2D eigenvalue weighted by Gasteiger charge is -2.45. The molecule has 1 heterocycles. The quantitative estimate of drug-likeness (QED) is 0.596. The minimum absolute atomic E-state index is 0.171. The molecule has 0 N–H and O–H groups in total. The Labute approximate surface area is 154 Å². The van der Waals surface area contributed by atoms with Gasteiger partial charge in [-0.3, -0.25) is 0 Å². The van der Waals surface area contributed by atoms with Gasteiger partial charge >= 0.3 is 0 Å². The summed E-state index contributed by atoms with van der Waals surface area (Å²) in [7, 11) is -1.81. The van der Waals surface area contributed by atoms with E-state index in [1.807, 2.05) is 0 Å². The predicted octanol–water partition coefficient (Wildman–Crippen LogP) is 6.24. The van der Waals surface area contributed by atoms with E-state index in [-0.39, 0.29) is 15.9 Å². The molecule has 4 rings (SSSR count). The summed E-state index contributed by atoms with van der Waals surface area (Å²) in [5.74, 6) is 2.08. The number of aryl methyl sites for hydroxylation is 1. The van der Waals surface area contributed by atoms with Crippen molar-refractivity contribution in [1.82, 2.24) is 0 Å². The second-order valence-electron chi connectivity index (χ2n) is 11.2. The van der Waals surface area contributed by atoms with Crippen LogP contribution in [0.2, 0.25) is 18.1 Å². The van der Waals surface area contributed by atoms with Gasteiger partial charge in [0.1, 0.15) is 5.76 Å². The van der Waals surface area contributed by atoms with Crippen LogP contribution in [0.1, 0.15) is 77.2 Å². The van der Waals surface area contributed by atoms with Crippen LogP contribution in [0.5, 0.6) is 0 Å². The average molecular weight is 361 g/mol. The summed E-state index contributed by atoms with van der Waals surface area (Å²) in [6.07, 6.45) is 9.98. The van der Waals surface area contributed by atoms with E-state index >= 15 is 0 Å². The Bertz CT molecular complexity index is 679. The minimum Gasteiger partial charge on any atom is -0.468 e. The lowest BCUT2D eigenvalue weighted by atomic mass is 9.79. The van der Waals surface area contributed by atoms with Gasteiger partial charge in [0.15, 0.2) is 8.32 Å². The summed E-state index contributed by atoms with van der Waals surface area (Å²) in [5, 5.41) is 0.250. The zero-order valence-electron chi connectivity index (χ0n) is 17.3. The van der Waals surface area contributed by atoms with E-state index in [1.54, 1.807) is 5.56 Å². The van der Waals surface area contributed by atoms with Gasteiger partial charge < -0.3 is 8.84 Å². The van der Waals surface area contributed by atoms with Crippen molar-refractivity contribution in [2.75, 3.05) is 0 Å². The van der Waals surface area contributed by atoms with Gasteiger partial charge in [-0.05, 0) is 79.1 Å². The first-order valence-corrected chi connectivity index (χ1v) is 13.2. The number of hydrogen-bond donors (Lipinski definition) is 0. The first-order valence-electron chi connectivity index (χ1n) is 10.3. The Hall–Kier alpha value is -0.543. The van der Waals surface area contributed by atoms with Crippen molar-refractivity contribution in [1.29, 1.82) is 0 Å². The van der Waals surface area contributed by atoms with Crippen molar-refractivity contribution in [3.8, 4) is 0 Å². The summed E-state index contributed by atoms with van der Waals surface area (Å²) >= 11 is 0. The Morgan fingerprint density at radius 1 is 1.12 bits per heavy atom. The van der Waals surface area contributed by atoms with Crippen LogP contribution in [-0.2, 0) is 22.7 Å². The van der Waals surface area contributed by atoms with E-state index < -0.39 is 8.32 Å². The van der Waals surface area contributed by atoms with Crippen LogP contribution >= 0.6 is 0 Å². The molecule has 0 spiro atoms. The molecule has 2 fully saturated rings. The fourth-order valence-electron chi connectivity index (χ4n) is 5.41. The van der Waals surface area contributed by atoms with E-state index in [9.17, 15) is 0 Å². The van der Waals surface area contributed by atoms with Crippen LogP contribution < -0.4 is 0 Å². The number of furan rings is 1. The molecular weight excluding hydrogens is 324 g/mol. The first kappa shape index (κ1) is 17.9. The van der Waals surface area contributed by atoms with Gasteiger partial charge in [0.2, 0.25) is 0 Å². The van der Waals surface area contributed by atoms with Crippen molar-refractivity contribution in [2.45, 2.75) is 103 Å². The standard InChI is InChI=1S/C22H36O2Si/c1-20(2,3)25(6,7)24-19-21(4,5)12-16-13-22(16,19)18-17-11-9-8-10-15(17)14-23-18/h14,16,19H,8-13H2,1-7H3. The van der Waals surface area contributed by atoms with Crippen LogP contribution in [0.4, 0.5) is 0 Å². The summed E-state index contributed by atoms with van der Waals surface area (Å²) in [6, 6.07) is 0. The molecule has 3 atom stereocenters. The second-order valence-corrected chi connectivity index (χ2v) is 15.9. The zero-order valence-corrected chi connectivity index (χ0v) is 18.3. The molecule has 0 bridgehead atoms. The molecule has 3 heteroatoms. The van der Waals surface area contributed by atoms with Gasteiger partial charge in [-0.25, -0.2) is 0 Å². The van der Waals surface area contributed by atoms with Crippen molar-refractivity contribution in [2.24, 2.45) is 11.3 Å². The van der Waals surface area contributed by atoms with Crippen molar-refractivity contribution in [3.63, 3.8) is 0 Å². The van der Waals surface area contributed by atoms with Gasteiger partial charge in [-0.1, -0.05) is 34.6 Å². The largest absolute Gasteiger partial charge is 0.468 e. The molecule has 3 aliphatic rings. The van der Waals surface area contributed by atoms with E-state index in [0.29, 0.717) is 6.10 Å². The van der Waals surface area contributed by atoms with Gasteiger partial charge in [-0.2, -0.15) is 0 Å². The SMILES string of the molecule is CC1(C)CC2CC2(c2occ3c2CCCC3)C1O[Si](C)(C)C(C)(C)C. The summed E-state index contributed by atoms with van der Waals surface area (Å²) < 4.78 is 13.4. The molecule has 0 amide bonds. The fraction of sp³-hybridized carbons (Fsp3) is 0.818. The van der Waals surface area contributed by atoms with Crippen LogP contribution in [0.25, 0.3) is 0 Å². The third-order valence-corrected chi connectivity index (χ3v) is 12.3. The zero-order chi connectivity index (χ0) is 18.3. The monoisotopic (exact) mass is 360 g/mol. The highest BCUT2D eigenvalue weighted by Crippen LogP contribution is 2.72. The highest BCUT2D eigenvalue weighted by Gasteiger charge is 2.73. The van der Waals surface area contributed by atoms with Crippen LogP contribution in [0.3, 0.4) is 0 Å². The molecule has 0 saturated heterocycles. The van der Waals surface area contributed by atoms with E-state index in [0.717, 1.165) is 5.92 Å². The lowest BCUT2D eigenvalue weighted by molar-refractivity contribution is 0.0469. The molecule has 3 unspecified atom stereocenters. The average Bonchev–Trinajstić information content (AvgIpc) is 2.92. The van der Waals surface area contributed by atoms with Gasteiger partial charge in [0.25, 0.3) is 0 Å². The number of rotatable bonds is 3. The third kappa shape index (κ3) is 2.52. The minimum atomic E-state index is -1.81. The third-order valence-electron chi connectivity index (χ3n) is 7.85. The molecule has 25 heavy (non-hydrogen) atoms. The smallest absolute Gasteiger partial charge is 0.192 e. The Balaban J connectivity index is 1.73. The molecule has 1 aromatic rings. The molecule has 3 aliphatic carbocycles. The molecule has 2 saturated carbocycles. The molecule has 140 valence electrons. The number of fused-ring (bicyclic) bond motifs is 2. The Kier molecular flexibility index (Phi) is 3.75. The normalized spacial score (nSPS) is 33.9. The Morgan fingerprint density at radius 3 is 2.48 bits per heavy atom. The molecule has 0 aliphatic heterocycles. The first-order chi connectivity index (χ1) is 11.5. The summed E-state index contributed by atoms with van der Waals surface area (Å²) in [5.41, 5.74) is 3.45. The van der Waals surface area contributed by atoms with Gasteiger partial charge in [0, 0.05) is 0 Å². The summed E-state index contributed by atoms with van der Waals surface area (Å²) in [4.78, 5) is 0. The topological polar surface area (TPSA) is 22.4 Å². The highest BCUT2D eigenvalue weighted by atomic mass is 28.4. The molecule has 0 radical (unpaired) electrons. The maximum atomic E-state index is 7.13.